The normalized spacial score (nSPS) is 20.6. The number of Topliss-reactive ketones (excluding diaryl/α,β-unsaturated/α-hetero) is 1. The van der Waals surface area contributed by atoms with E-state index >= 15 is 0 Å². The Morgan fingerprint density at radius 2 is 1.74 bits per heavy atom. The molecule has 2 aromatic carbocycles. The van der Waals surface area contributed by atoms with Crippen LogP contribution >= 0.6 is 15.9 Å². The van der Waals surface area contributed by atoms with Crippen molar-refractivity contribution in [3.8, 4) is 5.75 Å². The Balaban J connectivity index is 1.66. The van der Waals surface area contributed by atoms with E-state index in [9.17, 15) is 14.7 Å². The molecule has 1 atom stereocenters. The molecule has 4 rings (SSSR count). The van der Waals surface area contributed by atoms with Gasteiger partial charge in [-0.25, -0.2) is 0 Å². The predicted molar refractivity (Wildman–Crippen MR) is 133 cm³/mol. The highest BCUT2D eigenvalue weighted by Gasteiger charge is 2.45. The quantitative estimate of drug-likeness (QED) is 0.317. The molecule has 1 unspecified atom stereocenters. The van der Waals surface area contributed by atoms with Gasteiger partial charge in [-0.15, -0.1) is 0 Å². The Labute approximate surface area is 208 Å². The van der Waals surface area contributed by atoms with Crippen molar-refractivity contribution < 1.29 is 24.2 Å². The summed E-state index contributed by atoms with van der Waals surface area (Å²) in [6.45, 7) is 6.84. The molecule has 0 bridgehead atoms. The molecular weight excluding hydrogens is 500 g/mol. The molecule has 2 aliphatic rings. The lowest BCUT2D eigenvalue weighted by Gasteiger charge is -2.29. The van der Waals surface area contributed by atoms with E-state index < -0.39 is 17.7 Å². The third-order valence-corrected chi connectivity index (χ3v) is 6.67. The number of rotatable bonds is 8. The smallest absolute Gasteiger partial charge is 0.295 e. The summed E-state index contributed by atoms with van der Waals surface area (Å²) >= 11 is 3.39. The molecule has 0 saturated carbocycles. The molecule has 2 aromatic rings. The maximum atomic E-state index is 13.1. The van der Waals surface area contributed by atoms with Crippen molar-refractivity contribution in [1.82, 2.24) is 9.80 Å². The molecule has 0 aromatic heterocycles. The summed E-state index contributed by atoms with van der Waals surface area (Å²) in [5, 5.41) is 11.1. The topological polar surface area (TPSA) is 79.3 Å². The van der Waals surface area contributed by atoms with Gasteiger partial charge in [0.25, 0.3) is 11.7 Å². The van der Waals surface area contributed by atoms with Gasteiger partial charge in [0, 0.05) is 36.2 Å². The lowest BCUT2D eigenvalue weighted by molar-refractivity contribution is -0.140. The van der Waals surface area contributed by atoms with E-state index in [2.05, 4.69) is 20.8 Å². The number of halogens is 1. The highest BCUT2D eigenvalue weighted by atomic mass is 79.9. The summed E-state index contributed by atoms with van der Waals surface area (Å²) < 4.78 is 11.8. The summed E-state index contributed by atoms with van der Waals surface area (Å²) in [7, 11) is 0. The van der Waals surface area contributed by atoms with Gasteiger partial charge >= 0.3 is 0 Å². The monoisotopic (exact) mass is 528 g/mol. The fourth-order valence-corrected chi connectivity index (χ4v) is 4.69. The number of aliphatic hydroxyl groups is 1. The first-order chi connectivity index (χ1) is 16.5. The van der Waals surface area contributed by atoms with E-state index in [1.807, 2.05) is 31.2 Å². The molecule has 180 valence electrons. The average molecular weight is 529 g/mol. The Hall–Kier alpha value is -2.68. The molecule has 2 fully saturated rings. The largest absolute Gasteiger partial charge is 0.507 e. The fraction of sp³-hybridized carbons (Fsp3) is 0.385. The van der Waals surface area contributed by atoms with Crippen LogP contribution < -0.4 is 4.74 Å². The standard InChI is InChI=1S/C26H29BrN2O5/c1-2-34-21-10-6-18(7-11-21)23-22(24(30)19-4-8-20(27)9-5-19)25(31)26(32)29(23)13-3-12-28-14-16-33-17-15-28/h4-11,23,30H,2-3,12-17H2,1H3/b24-22-. The van der Waals surface area contributed by atoms with Crippen LogP contribution in [0.2, 0.25) is 0 Å². The number of ketones is 1. The number of likely N-dealkylation sites (tertiary alicyclic amines) is 1. The van der Waals surface area contributed by atoms with E-state index in [0.29, 0.717) is 37.7 Å². The van der Waals surface area contributed by atoms with Gasteiger partial charge in [-0.1, -0.05) is 40.2 Å². The van der Waals surface area contributed by atoms with Gasteiger partial charge < -0.3 is 19.5 Å². The molecular formula is C26H29BrN2O5. The SMILES string of the molecule is CCOc1ccc(C2/C(=C(/O)c3ccc(Br)cc3)C(=O)C(=O)N2CCCN2CCOCC2)cc1. The number of carbonyl (C=O) groups is 2. The maximum absolute atomic E-state index is 13.1. The van der Waals surface area contributed by atoms with Gasteiger partial charge in [-0.05, 0) is 43.2 Å². The van der Waals surface area contributed by atoms with E-state index in [1.54, 1.807) is 29.2 Å². The van der Waals surface area contributed by atoms with Gasteiger partial charge in [0.15, 0.2) is 0 Å². The van der Waals surface area contributed by atoms with Crippen LogP contribution in [0.3, 0.4) is 0 Å². The minimum atomic E-state index is -0.663. The van der Waals surface area contributed by atoms with Crippen LogP contribution in [-0.2, 0) is 14.3 Å². The molecule has 0 aliphatic carbocycles. The Morgan fingerprint density at radius 1 is 1.06 bits per heavy atom. The number of benzene rings is 2. The van der Waals surface area contributed by atoms with Crippen molar-refractivity contribution in [3.63, 3.8) is 0 Å². The summed E-state index contributed by atoms with van der Waals surface area (Å²) in [6.07, 6.45) is 0.721. The van der Waals surface area contributed by atoms with Crippen LogP contribution in [0.25, 0.3) is 5.76 Å². The summed E-state index contributed by atoms with van der Waals surface area (Å²) in [5.74, 6) is -0.700. The second-order valence-electron chi connectivity index (χ2n) is 8.31. The van der Waals surface area contributed by atoms with E-state index in [4.69, 9.17) is 9.47 Å². The summed E-state index contributed by atoms with van der Waals surface area (Å²) in [6, 6.07) is 13.7. The number of nitrogens with zero attached hydrogens (tertiary/aromatic N) is 2. The molecule has 0 spiro atoms. The molecule has 8 heteroatoms. The predicted octanol–water partition coefficient (Wildman–Crippen LogP) is 3.99. The Kier molecular flexibility index (Phi) is 8.03. The zero-order valence-corrected chi connectivity index (χ0v) is 20.8. The van der Waals surface area contributed by atoms with Crippen molar-refractivity contribution >= 4 is 33.4 Å². The van der Waals surface area contributed by atoms with E-state index in [-0.39, 0.29) is 11.3 Å². The van der Waals surface area contributed by atoms with Crippen molar-refractivity contribution in [2.45, 2.75) is 19.4 Å². The van der Waals surface area contributed by atoms with Crippen LogP contribution in [0.15, 0.2) is 58.6 Å². The molecule has 34 heavy (non-hydrogen) atoms. The Morgan fingerprint density at radius 3 is 2.38 bits per heavy atom. The van der Waals surface area contributed by atoms with Crippen molar-refractivity contribution in [1.29, 1.82) is 0 Å². The van der Waals surface area contributed by atoms with Crippen molar-refractivity contribution in [3.05, 3.63) is 69.7 Å². The molecule has 2 aliphatic heterocycles. The number of hydrogen-bond donors (Lipinski definition) is 1. The maximum Gasteiger partial charge on any atom is 0.295 e. The number of amides is 1. The molecule has 0 radical (unpaired) electrons. The van der Waals surface area contributed by atoms with E-state index in [0.717, 1.165) is 36.1 Å². The molecule has 2 saturated heterocycles. The molecule has 7 nitrogen and oxygen atoms in total. The minimum Gasteiger partial charge on any atom is -0.507 e. The second-order valence-corrected chi connectivity index (χ2v) is 9.22. The number of ether oxygens (including phenoxy) is 2. The number of aliphatic hydroxyl groups excluding tert-OH is 1. The fourth-order valence-electron chi connectivity index (χ4n) is 4.42. The lowest BCUT2D eigenvalue weighted by Crippen LogP contribution is -2.38. The lowest BCUT2D eigenvalue weighted by atomic mass is 9.95. The zero-order chi connectivity index (χ0) is 24.1. The minimum absolute atomic E-state index is 0.114. The first-order valence-corrected chi connectivity index (χ1v) is 12.4. The van der Waals surface area contributed by atoms with Gasteiger partial charge in [0.05, 0.1) is 31.4 Å². The van der Waals surface area contributed by atoms with Gasteiger partial charge in [-0.2, -0.15) is 0 Å². The third kappa shape index (κ3) is 5.35. The highest BCUT2D eigenvalue weighted by molar-refractivity contribution is 9.10. The van der Waals surface area contributed by atoms with Gasteiger partial charge in [0.1, 0.15) is 11.5 Å². The van der Waals surface area contributed by atoms with Crippen LogP contribution in [0.4, 0.5) is 0 Å². The van der Waals surface area contributed by atoms with Crippen LogP contribution in [-0.4, -0.2) is 72.6 Å². The zero-order valence-electron chi connectivity index (χ0n) is 19.2. The van der Waals surface area contributed by atoms with Crippen molar-refractivity contribution in [2.75, 3.05) is 46.0 Å². The number of morpholine rings is 1. The molecule has 1 amide bonds. The first kappa shape index (κ1) is 24.4. The second kappa shape index (κ2) is 11.2. The van der Waals surface area contributed by atoms with Crippen molar-refractivity contribution in [2.24, 2.45) is 0 Å². The third-order valence-electron chi connectivity index (χ3n) is 6.14. The van der Waals surface area contributed by atoms with Gasteiger partial charge in [-0.3, -0.25) is 14.5 Å². The Bertz CT molecular complexity index is 1050. The summed E-state index contributed by atoms with van der Waals surface area (Å²) in [5.41, 5.74) is 1.36. The number of hydrogen-bond acceptors (Lipinski definition) is 6. The molecule has 1 N–H and O–H groups in total. The van der Waals surface area contributed by atoms with Gasteiger partial charge in [0.2, 0.25) is 0 Å². The average Bonchev–Trinajstić information content (AvgIpc) is 3.10. The molecule has 2 heterocycles. The highest BCUT2D eigenvalue weighted by Crippen LogP contribution is 2.40. The van der Waals surface area contributed by atoms with E-state index in [1.165, 1.54) is 0 Å². The van der Waals surface area contributed by atoms with Crippen LogP contribution in [0, 0.1) is 0 Å². The van der Waals surface area contributed by atoms with Crippen LogP contribution in [0.5, 0.6) is 5.75 Å². The van der Waals surface area contributed by atoms with Crippen LogP contribution in [0.1, 0.15) is 30.5 Å². The first-order valence-electron chi connectivity index (χ1n) is 11.6. The number of carbonyl (C=O) groups excluding carboxylic acids is 2. The summed E-state index contributed by atoms with van der Waals surface area (Å²) in [4.78, 5) is 30.1.